The van der Waals surface area contributed by atoms with Gasteiger partial charge in [0.25, 0.3) is 0 Å². The first kappa shape index (κ1) is 5.76. The van der Waals surface area contributed by atoms with E-state index < -0.39 is 0 Å². The highest BCUT2D eigenvalue weighted by Crippen LogP contribution is 1.86. The second-order valence-electron chi connectivity index (χ2n) is 1.10. The number of allylic oxidation sites excluding steroid dienone is 2. The summed E-state index contributed by atoms with van der Waals surface area (Å²) in [6.07, 6.45) is 1.95. The highest BCUT2D eigenvalue weighted by Gasteiger charge is 1.71. The summed E-state index contributed by atoms with van der Waals surface area (Å²) in [7, 11) is 0.814. The maximum atomic E-state index is 4.90. The summed E-state index contributed by atoms with van der Waals surface area (Å²) in [5.41, 5.74) is 0. The normalized spacial score (nSPS) is 12.0. The minimum absolute atomic E-state index is 0.814. The van der Waals surface area contributed by atoms with Crippen molar-refractivity contribution in [3.63, 3.8) is 0 Å². The largest absolute Gasteiger partial charge is 0.556 e. The van der Waals surface area contributed by atoms with Gasteiger partial charge in [-0.1, -0.05) is 6.08 Å². The molecule has 2 heteroatoms. The highest BCUT2D eigenvalue weighted by molar-refractivity contribution is 5.98. The zero-order chi connectivity index (χ0) is 4.99. The Morgan fingerprint density at radius 2 is 2.33 bits per heavy atom. The van der Waals surface area contributed by atoms with Crippen molar-refractivity contribution in [3.8, 4) is 0 Å². The van der Waals surface area contributed by atoms with E-state index in [0.717, 1.165) is 16.2 Å². The lowest BCUT2D eigenvalue weighted by atomic mass is 10.5. The third-order valence-corrected chi connectivity index (χ3v) is 1.37. The average Bonchev–Trinajstić information content (AvgIpc) is 1.65. The van der Waals surface area contributed by atoms with Gasteiger partial charge in [0, 0.05) is 0 Å². The van der Waals surface area contributed by atoms with Crippen LogP contribution in [-0.4, -0.2) is 10.5 Å². The first-order valence-electron chi connectivity index (χ1n) is 1.98. The molecule has 0 aromatic rings. The van der Waals surface area contributed by atoms with Crippen molar-refractivity contribution >= 4 is 10.5 Å². The van der Waals surface area contributed by atoms with E-state index in [9.17, 15) is 0 Å². The van der Waals surface area contributed by atoms with E-state index in [-0.39, 0.29) is 0 Å². The van der Waals surface area contributed by atoms with Crippen LogP contribution in [0.5, 0.6) is 0 Å². The highest BCUT2D eigenvalue weighted by atomic mass is 28.2. The Kier molecular flexibility index (Phi) is 2.85. The fourth-order valence-corrected chi connectivity index (χ4v) is 0.354. The van der Waals surface area contributed by atoms with E-state index in [2.05, 4.69) is 0 Å². The van der Waals surface area contributed by atoms with Gasteiger partial charge in [0.2, 0.25) is 10.5 Å². The summed E-state index contributed by atoms with van der Waals surface area (Å²) in [5, 5.41) is 0. The molecular formula is C4H10OSi. The van der Waals surface area contributed by atoms with Crippen LogP contribution in [0.15, 0.2) is 11.8 Å². The van der Waals surface area contributed by atoms with Crippen LogP contribution in [0.3, 0.4) is 0 Å². The molecule has 1 nitrogen and oxygen atoms in total. The lowest BCUT2D eigenvalue weighted by Gasteiger charge is -1.93. The van der Waals surface area contributed by atoms with E-state index in [1.807, 2.05) is 19.9 Å². The van der Waals surface area contributed by atoms with Gasteiger partial charge >= 0.3 is 0 Å². The standard InChI is InChI=1S/C4H10OSi/c1-3-4(2)5-6/h3H,1-2,6H3/b4-3-. The molecule has 0 atom stereocenters. The van der Waals surface area contributed by atoms with Crippen LogP contribution in [0, 0.1) is 0 Å². The fraction of sp³-hybridized carbons (Fsp3) is 0.500. The van der Waals surface area contributed by atoms with Crippen molar-refractivity contribution in [2.24, 2.45) is 0 Å². The van der Waals surface area contributed by atoms with Crippen LogP contribution in [-0.2, 0) is 4.43 Å². The predicted octanol–water partition coefficient (Wildman–Crippen LogP) is 0.207. The van der Waals surface area contributed by atoms with Crippen molar-refractivity contribution in [3.05, 3.63) is 11.8 Å². The van der Waals surface area contributed by atoms with Gasteiger partial charge in [0.15, 0.2) is 0 Å². The van der Waals surface area contributed by atoms with Gasteiger partial charge < -0.3 is 4.43 Å². The summed E-state index contributed by atoms with van der Waals surface area (Å²) in [6, 6.07) is 0. The Balaban J connectivity index is 3.22. The molecule has 0 aromatic heterocycles. The third-order valence-electron chi connectivity index (χ3n) is 0.729. The second-order valence-corrected chi connectivity index (χ2v) is 1.51. The molecule has 0 saturated heterocycles. The fourth-order valence-electron chi connectivity index (χ4n) is 0.118. The Bertz CT molecular complexity index is 58.6. The molecule has 0 heterocycles. The number of rotatable bonds is 1. The van der Waals surface area contributed by atoms with Crippen LogP contribution in [0.2, 0.25) is 0 Å². The molecule has 0 rings (SSSR count). The summed E-state index contributed by atoms with van der Waals surface area (Å²) in [6.45, 7) is 3.92. The van der Waals surface area contributed by atoms with E-state index in [4.69, 9.17) is 4.43 Å². The smallest absolute Gasteiger partial charge is 0.203 e. The molecule has 0 aliphatic rings. The zero-order valence-corrected chi connectivity index (χ0v) is 6.49. The molecule has 0 saturated carbocycles. The van der Waals surface area contributed by atoms with E-state index >= 15 is 0 Å². The van der Waals surface area contributed by atoms with Gasteiger partial charge in [-0.15, -0.1) is 0 Å². The summed E-state index contributed by atoms with van der Waals surface area (Å²) in [4.78, 5) is 0. The maximum absolute atomic E-state index is 4.90. The number of hydrogen-bond donors (Lipinski definition) is 0. The summed E-state index contributed by atoms with van der Waals surface area (Å²) >= 11 is 0. The van der Waals surface area contributed by atoms with Crippen molar-refractivity contribution in [2.45, 2.75) is 13.8 Å². The molecule has 0 N–H and O–H groups in total. The molecule has 0 unspecified atom stereocenters. The van der Waals surface area contributed by atoms with Gasteiger partial charge in [0.05, 0.1) is 5.76 Å². The lowest BCUT2D eigenvalue weighted by Crippen LogP contribution is -1.76. The monoisotopic (exact) mass is 102 g/mol. The van der Waals surface area contributed by atoms with Crippen LogP contribution in [0.4, 0.5) is 0 Å². The van der Waals surface area contributed by atoms with Crippen LogP contribution < -0.4 is 0 Å². The van der Waals surface area contributed by atoms with E-state index in [0.29, 0.717) is 0 Å². The Morgan fingerprint density at radius 1 is 1.83 bits per heavy atom. The van der Waals surface area contributed by atoms with E-state index in [1.165, 1.54) is 0 Å². The molecule has 0 aliphatic heterocycles. The third kappa shape index (κ3) is 2.02. The minimum atomic E-state index is 0.814. The quantitative estimate of drug-likeness (QED) is 0.339. The van der Waals surface area contributed by atoms with Gasteiger partial charge in [-0.05, 0) is 13.8 Å². The van der Waals surface area contributed by atoms with Gasteiger partial charge in [-0.2, -0.15) is 0 Å². The first-order valence-corrected chi connectivity index (χ1v) is 2.79. The summed E-state index contributed by atoms with van der Waals surface area (Å²) in [5.74, 6) is 1.03. The van der Waals surface area contributed by atoms with Crippen LogP contribution in [0.1, 0.15) is 13.8 Å². The first-order chi connectivity index (χ1) is 2.81. The molecule has 0 fully saturated rings. The SMILES string of the molecule is C/C=C(/C)O[SiH3]. The Hall–Kier alpha value is -0.243. The zero-order valence-electron chi connectivity index (χ0n) is 4.49. The molecule has 0 aromatic carbocycles. The van der Waals surface area contributed by atoms with Crippen molar-refractivity contribution in [2.75, 3.05) is 0 Å². The van der Waals surface area contributed by atoms with Gasteiger partial charge in [0.1, 0.15) is 0 Å². The van der Waals surface area contributed by atoms with Crippen molar-refractivity contribution in [1.29, 1.82) is 0 Å². The van der Waals surface area contributed by atoms with Gasteiger partial charge in [-0.3, -0.25) is 0 Å². The molecule has 0 radical (unpaired) electrons. The topological polar surface area (TPSA) is 9.23 Å². The minimum Gasteiger partial charge on any atom is -0.556 e. The Morgan fingerprint density at radius 3 is 2.33 bits per heavy atom. The maximum Gasteiger partial charge on any atom is 0.203 e. The second kappa shape index (κ2) is 2.97. The van der Waals surface area contributed by atoms with Crippen molar-refractivity contribution < 1.29 is 4.43 Å². The Labute approximate surface area is 41.6 Å². The lowest BCUT2D eigenvalue weighted by molar-refractivity contribution is 0.471. The summed E-state index contributed by atoms with van der Waals surface area (Å²) < 4.78 is 4.90. The van der Waals surface area contributed by atoms with Crippen molar-refractivity contribution in [1.82, 2.24) is 0 Å². The predicted molar refractivity (Wildman–Crippen MR) is 30.5 cm³/mol. The van der Waals surface area contributed by atoms with E-state index in [1.54, 1.807) is 0 Å². The van der Waals surface area contributed by atoms with Gasteiger partial charge in [-0.25, -0.2) is 0 Å². The molecular weight excluding hydrogens is 92.1 g/mol. The van der Waals surface area contributed by atoms with Crippen LogP contribution in [0.25, 0.3) is 0 Å². The average molecular weight is 102 g/mol. The molecule has 0 aliphatic carbocycles. The number of hydrogen-bond acceptors (Lipinski definition) is 1. The molecule has 0 bridgehead atoms. The molecule has 36 valence electrons. The van der Waals surface area contributed by atoms with Crippen LogP contribution >= 0.6 is 0 Å². The molecule has 0 amide bonds. The molecule has 0 spiro atoms. The molecule has 6 heavy (non-hydrogen) atoms.